The van der Waals surface area contributed by atoms with Crippen LogP contribution in [0.3, 0.4) is 0 Å². The minimum absolute atomic E-state index is 0.210. The summed E-state index contributed by atoms with van der Waals surface area (Å²) in [4.78, 5) is 11.4. The lowest BCUT2D eigenvalue weighted by Crippen LogP contribution is -2.26. The van der Waals surface area contributed by atoms with Crippen LogP contribution < -0.4 is 4.74 Å². The van der Waals surface area contributed by atoms with Crippen LogP contribution in [0.25, 0.3) is 12.2 Å². The third kappa shape index (κ3) is 7.31. The van der Waals surface area contributed by atoms with Crippen molar-refractivity contribution in [3.63, 3.8) is 0 Å². The minimum atomic E-state index is -0.955. The molecule has 0 fully saturated rings. The molecule has 2 unspecified atom stereocenters. The average Bonchev–Trinajstić information content (AvgIpc) is 3.12. The average molecular weight is 549 g/mol. The van der Waals surface area contributed by atoms with E-state index in [1.807, 2.05) is 30.3 Å². The van der Waals surface area contributed by atoms with Crippen molar-refractivity contribution in [1.29, 1.82) is 0 Å². The summed E-state index contributed by atoms with van der Waals surface area (Å²) in [6.45, 7) is 5.06. The van der Waals surface area contributed by atoms with E-state index in [1.165, 1.54) is 22.3 Å². The van der Waals surface area contributed by atoms with Gasteiger partial charge < -0.3 is 19.3 Å². The molecule has 5 rings (SSSR count). The molecular formula is C36H36O5. The zero-order valence-corrected chi connectivity index (χ0v) is 23.6. The monoisotopic (exact) mass is 548 g/mol. The molecular weight excluding hydrogens is 512 g/mol. The molecule has 4 aromatic carbocycles. The van der Waals surface area contributed by atoms with Gasteiger partial charge in [-0.25, -0.2) is 4.79 Å². The van der Waals surface area contributed by atoms with E-state index in [1.54, 1.807) is 6.92 Å². The summed E-state index contributed by atoms with van der Waals surface area (Å²) >= 11 is 0. The fourth-order valence-electron chi connectivity index (χ4n) is 5.23. The van der Waals surface area contributed by atoms with Gasteiger partial charge in [0, 0.05) is 13.0 Å². The van der Waals surface area contributed by atoms with E-state index in [4.69, 9.17) is 14.2 Å². The Morgan fingerprint density at radius 2 is 1.56 bits per heavy atom. The highest BCUT2D eigenvalue weighted by Gasteiger charge is 2.23. The molecule has 5 nitrogen and oxygen atoms in total. The van der Waals surface area contributed by atoms with E-state index in [2.05, 4.69) is 79.7 Å². The lowest BCUT2D eigenvalue weighted by molar-refractivity contribution is -0.149. The lowest BCUT2D eigenvalue weighted by Gasteiger charge is -2.22. The van der Waals surface area contributed by atoms with E-state index in [0.717, 1.165) is 28.7 Å². The normalized spacial score (nSPS) is 14.5. The first-order valence-corrected chi connectivity index (χ1v) is 14.1. The van der Waals surface area contributed by atoms with Crippen molar-refractivity contribution in [1.82, 2.24) is 0 Å². The number of fused-ring (bicyclic) bond motifs is 2. The van der Waals surface area contributed by atoms with Gasteiger partial charge in [0.2, 0.25) is 0 Å². The van der Waals surface area contributed by atoms with Crippen LogP contribution in [0.15, 0.2) is 91.0 Å². The fourth-order valence-corrected chi connectivity index (χ4v) is 5.23. The number of benzene rings is 4. The first kappa shape index (κ1) is 28.3. The standard InChI is InChI=1S/C36H36O5/c1-3-39-34(36(37)38)24-27-10-16-31(17-11-27)40-19-20-41-35-32-18-12-28(22-26-7-5-4-6-8-26)23-30(32)15-14-29-13-9-25(2)21-33(29)35/h4-18,21,23,34-35H,3,19-20,22,24H2,1-2H3,(H,37,38). The van der Waals surface area contributed by atoms with Crippen LogP contribution in [0.5, 0.6) is 5.75 Å². The SMILES string of the molecule is CCOC(Cc1ccc(OCCOC2c3ccc(Cc4ccccc4)cc3C=Cc3ccc(C)cc32)cc1)C(=O)O. The lowest BCUT2D eigenvalue weighted by atomic mass is 9.93. The second kappa shape index (κ2) is 13.4. The van der Waals surface area contributed by atoms with Crippen LogP contribution >= 0.6 is 0 Å². The van der Waals surface area contributed by atoms with Crippen LogP contribution in [0, 0.1) is 6.92 Å². The Hall–Kier alpha value is -4.19. The molecule has 4 aromatic rings. The molecule has 0 amide bonds. The first-order chi connectivity index (χ1) is 20.0. The number of aliphatic carboxylic acids is 1. The number of carboxylic acid groups (broad SMARTS) is 1. The summed E-state index contributed by atoms with van der Waals surface area (Å²) in [6.07, 6.45) is 4.51. The number of carboxylic acids is 1. The minimum Gasteiger partial charge on any atom is -0.491 e. The highest BCUT2D eigenvalue weighted by molar-refractivity contribution is 5.76. The number of ether oxygens (including phenoxy) is 3. The van der Waals surface area contributed by atoms with E-state index < -0.39 is 12.1 Å². The summed E-state index contributed by atoms with van der Waals surface area (Å²) in [5.74, 6) is -0.242. The van der Waals surface area contributed by atoms with Gasteiger partial charge >= 0.3 is 5.97 Å². The van der Waals surface area contributed by atoms with Gasteiger partial charge in [0.1, 0.15) is 18.5 Å². The van der Waals surface area contributed by atoms with E-state index in [0.29, 0.717) is 32.0 Å². The van der Waals surface area contributed by atoms with Gasteiger partial charge in [-0.3, -0.25) is 0 Å². The van der Waals surface area contributed by atoms with Gasteiger partial charge in [-0.05, 0) is 71.3 Å². The maximum atomic E-state index is 11.4. The molecule has 0 radical (unpaired) electrons. The summed E-state index contributed by atoms with van der Waals surface area (Å²) in [5.41, 5.74) is 9.26. The molecule has 1 aliphatic carbocycles. The Kier molecular flexibility index (Phi) is 9.29. The largest absolute Gasteiger partial charge is 0.491 e. The van der Waals surface area contributed by atoms with Crippen molar-refractivity contribution in [3.8, 4) is 5.75 Å². The van der Waals surface area contributed by atoms with Gasteiger partial charge in [0.15, 0.2) is 6.10 Å². The Morgan fingerprint density at radius 3 is 2.32 bits per heavy atom. The molecule has 41 heavy (non-hydrogen) atoms. The maximum Gasteiger partial charge on any atom is 0.333 e. The van der Waals surface area contributed by atoms with Crippen molar-refractivity contribution in [2.24, 2.45) is 0 Å². The Labute approximate surface area is 242 Å². The molecule has 5 heteroatoms. The predicted molar refractivity (Wildman–Crippen MR) is 162 cm³/mol. The number of hydrogen-bond donors (Lipinski definition) is 1. The molecule has 0 bridgehead atoms. The molecule has 210 valence electrons. The zero-order chi connectivity index (χ0) is 28.6. The van der Waals surface area contributed by atoms with Crippen LogP contribution in [0.4, 0.5) is 0 Å². The molecule has 0 aromatic heterocycles. The summed E-state index contributed by atoms with van der Waals surface area (Å²) in [6, 6.07) is 31.2. The molecule has 0 saturated heterocycles. The third-order valence-electron chi connectivity index (χ3n) is 7.28. The van der Waals surface area contributed by atoms with Crippen LogP contribution in [0.1, 0.15) is 57.5 Å². The van der Waals surface area contributed by atoms with E-state index >= 15 is 0 Å². The third-order valence-corrected chi connectivity index (χ3v) is 7.28. The smallest absolute Gasteiger partial charge is 0.333 e. The Bertz CT molecular complexity index is 1490. The second-order valence-corrected chi connectivity index (χ2v) is 10.3. The van der Waals surface area contributed by atoms with Gasteiger partial charge in [-0.1, -0.05) is 96.6 Å². The van der Waals surface area contributed by atoms with Crippen molar-refractivity contribution < 1.29 is 24.1 Å². The highest BCUT2D eigenvalue weighted by atomic mass is 16.5. The molecule has 1 N–H and O–H groups in total. The summed E-state index contributed by atoms with van der Waals surface area (Å²) in [5, 5.41) is 9.33. The van der Waals surface area contributed by atoms with Crippen molar-refractivity contribution in [2.75, 3.05) is 19.8 Å². The molecule has 0 saturated carbocycles. The number of aryl methyl sites for hydroxylation is 1. The maximum absolute atomic E-state index is 11.4. The fraction of sp³-hybridized carbons (Fsp3) is 0.250. The molecule has 0 heterocycles. The van der Waals surface area contributed by atoms with Gasteiger partial charge in [0.05, 0.1) is 6.61 Å². The quantitative estimate of drug-likeness (QED) is 0.188. The molecule has 0 aliphatic heterocycles. The molecule has 1 aliphatic rings. The van der Waals surface area contributed by atoms with Gasteiger partial charge in [-0.15, -0.1) is 0 Å². The van der Waals surface area contributed by atoms with Crippen LogP contribution in [-0.4, -0.2) is 37.0 Å². The number of carbonyl (C=O) groups is 1. The second-order valence-electron chi connectivity index (χ2n) is 10.3. The van der Waals surface area contributed by atoms with Crippen LogP contribution in [-0.2, 0) is 27.1 Å². The molecule has 0 spiro atoms. The predicted octanol–water partition coefficient (Wildman–Crippen LogP) is 7.29. The molecule has 2 atom stereocenters. The zero-order valence-electron chi connectivity index (χ0n) is 23.6. The Morgan fingerprint density at radius 1 is 0.805 bits per heavy atom. The van der Waals surface area contributed by atoms with Gasteiger partial charge in [0.25, 0.3) is 0 Å². The van der Waals surface area contributed by atoms with Gasteiger partial charge in [-0.2, -0.15) is 0 Å². The first-order valence-electron chi connectivity index (χ1n) is 14.1. The Balaban J connectivity index is 1.26. The highest BCUT2D eigenvalue weighted by Crippen LogP contribution is 2.36. The van der Waals surface area contributed by atoms with E-state index in [9.17, 15) is 9.90 Å². The summed E-state index contributed by atoms with van der Waals surface area (Å²) in [7, 11) is 0. The van der Waals surface area contributed by atoms with Crippen molar-refractivity contribution in [2.45, 2.75) is 38.9 Å². The van der Waals surface area contributed by atoms with Crippen molar-refractivity contribution in [3.05, 3.63) is 136 Å². The van der Waals surface area contributed by atoms with E-state index in [-0.39, 0.29) is 6.10 Å². The summed E-state index contributed by atoms with van der Waals surface area (Å²) < 4.78 is 17.8. The topological polar surface area (TPSA) is 65.0 Å². The number of rotatable bonds is 12. The van der Waals surface area contributed by atoms with Crippen LogP contribution in [0.2, 0.25) is 0 Å². The number of hydrogen-bond acceptors (Lipinski definition) is 4. The van der Waals surface area contributed by atoms with Crippen molar-refractivity contribution >= 4 is 18.1 Å².